The van der Waals surface area contributed by atoms with Gasteiger partial charge in [-0.15, -0.1) is 0 Å². The Hall–Kier alpha value is -2.86. The molecule has 1 heterocycles. The molecule has 0 fully saturated rings. The fourth-order valence-corrected chi connectivity index (χ4v) is 3.02. The number of hydrogen-bond donors (Lipinski definition) is 1. The van der Waals surface area contributed by atoms with E-state index < -0.39 is 11.6 Å². The first-order valence-corrected chi connectivity index (χ1v) is 8.70. The van der Waals surface area contributed by atoms with E-state index in [1.807, 2.05) is 32.0 Å². The normalized spacial score (nSPS) is 12.2. The average molecular weight is 369 g/mol. The maximum atomic E-state index is 14.1. The molecule has 0 bridgehead atoms. The molecule has 27 heavy (non-hydrogen) atoms. The van der Waals surface area contributed by atoms with Gasteiger partial charge in [-0.1, -0.05) is 18.2 Å². The van der Waals surface area contributed by atoms with Crippen LogP contribution in [0.5, 0.6) is 0 Å². The van der Waals surface area contributed by atoms with Crippen molar-refractivity contribution in [2.24, 2.45) is 0 Å². The molecule has 0 radical (unpaired) electrons. The molecular formula is C21H21F2N3O. The number of Topliss-reactive ketones (excluding diaryl/α,β-unsaturated/α-hetero) is 1. The minimum Gasteiger partial charge on any atom is -0.306 e. The fourth-order valence-electron chi connectivity index (χ4n) is 3.02. The third-order valence-corrected chi connectivity index (χ3v) is 4.60. The van der Waals surface area contributed by atoms with Crippen molar-refractivity contribution in [3.8, 4) is 5.69 Å². The summed E-state index contributed by atoms with van der Waals surface area (Å²) < 4.78 is 28.7. The molecule has 0 amide bonds. The summed E-state index contributed by atoms with van der Waals surface area (Å²) in [7, 11) is 0. The number of hydrogen-bond acceptors (Lipinski definition) is 3. The van der Waals surface area contributed by atoms with Gasteiger partial charge in [0.25, 0.3) is 0 Å². The summed E-state index contributed by atoms with van der Waals surface area (Å²) in [6.07, 6.45) is 1.68. The zero-order chi connectivity index (χ0) is 19.6. The zero-order valence-corrected chi connectivity index (χ0v) is 15.5. The largest absolute Gasteiger partial charge is 0.306 e. The summed E-state index contributed by atoms with van der Waals surface area (Å²) in [5.74, 6) is -1.25. The number of nitrogens with zero attached hydrogens (tertiary/aromatic N) is 2. The van der Waals surface area contributed by atoms with Crippen molar-refractivity contribution < 1.29 is 13.6 Å². The molecule has 0 aliphatic carbocycles. The Morgan fingerprint density at radius 1 is 1.22 bits per heavy atom. The van der Waals surface area contributed by atoms with Crippen LogP contribution >= 0.6 is 0 Å². The number of nitrogens with one attached hydrogen (secondary N) is 1. The van der Waals surface area contributed by atoms with Crippen LogP contribution in [0, 0.1) is 18.6 Å². The van der Waals surface area contributed by atoms with E-state index in [4.69, 9.17) is 0 Å². The molecule has 4 nitrogen and oxygen atoms in total. The summed E-state index contributed by atoms with van der Waals surface area (Å²) in [5.41, 5.74) is 3.59. The summed E-state index contributed by atoms with van der Waals surface area (Å²) in [5, 5.41) is 7.65. The van der Waals surface area contributed by atoms with E-state index >= 15 is 0 Å². The van der Waals surface area contributed by atoms with Crippen molar-refractivity contribution in [3.63, 3.8) is 0 Å². The van der Waals surface area contributed by atoms with Gasteiger partial charge in [-0.2, -0.15) is 5.10 Å². The lowest BCUT2D eigenvalue weighted by molar-refractivity contribution is 0.101. The molecule has 3 rings (SSSR count). The van der Waals surface area contributed by atoms with Gasteiger partial charge in [0.15, 0.2) is 11.6 Å². The van der Waals surface area contributed by atoms with Gasteiger partial charge in [-0.25, -0.2) is 13.5 Å². The fraction of sp³-hybridized carbons (Fsp3) is 0.238. The van der Waals surface area contributed by atoms with Crippen LogP contribution < -0.4 is 5.32 Å². The highest BCUT2D eigenvalue weighted by atomic mass is 19.1. The molecule has 0 saturated carbocycles. The SMILES string of the molecule is CC(=O)c1cccc(CNC(C)c2cnn(-c3ccc(F)cc3F)c2C)c1. The monoisotopic (exact) mass is 369 g/mol. The minimum absolute atomic E-state index is 0.0309. The zero-order valence-electron chi connectivity index (χ0n) is 15.5. The average Bonchev–Trinajstić information content (AvgIpc) is 3.01. The smallest absolute Gasteiger partial charge is 0.159 e. The molecule has 1 unspecified atom stereocenters. The predicted molar refractivity (Wildman–Crippen MR) is 99.9 cm³/mol. The first-order chi connectivity index (χ1) is 12.9. The van der Waals surface area contributed by atoms with Gasteiger partial charge >= 0.3 is 0 Å². The molecule has 2 aromatic carbocycles. The van der Waals surface area contributed by atoms with E-state index in [0.29, 0.717) is 12.1 Å². The number of aromatic nitrogens is 2. The van der Waals surface area contributed by atoms with Gasteiger partial charge in [0.1, 0.15) is 11.5 Å². The van der Waals surface area contributed by atoms with Crippen molar-refractivity contribution >= 4 is 5.78 Å². The van der Waals surface area contributed by atoms with E-state index in [-0.39, 0.29) is 17.5 Å². The Kier molecular flexibility index (Phi) is 5.46. The summed E-state index contributed by atoms with van der Waals surface area (Å²) in [6.45, 7) is 5.96. The molecule has 140 valence electrons. The number of carbonyl (C=O) groups is 1. The lowest BCUT2D eigenvalue weighted by Gasteiger charge is -2.15. The van der Waals surface area contributed by atoms with Gasteiger partial charge in [0, 0.05) is 35.5 Å². The standard InChI is InChI=1S/C21H21F2N3O/c1-13(24-11-16-5-4-6-17(9-16)15(3)27)19-12-25-26(14(19)2)21-8-7-18(22)10-20(21)23/h4-10,12-13,24H,11H2,1-3H3. The third kappa shape index (κ3) is 4.11. The second kappa shape index (κ2) is 7.80. The van der Waals surface area contributed by atoms with E-state index in [1.54, 1.807) is 19.2 Å². The van der Waals surface area contributed by atoms with Crippen LogP contribution in [-0.2, 0) is 6.54 Å². The summed E-state index contributed by atoms with van der Waals surface area (Å²) >= 11 is 0. The molecular weight excluding hydrogens is 348 g/mol. The molecule has 0 aliphatic heterocycles. The van der Waals surface area contributed by atoms with Crippen LogP contribution in [0.4, 0.5) is 8.78 Å². The molecule has 1 aromatic heterocycles. The highest BCUT2D eigenvalue weighted by molar-refractivity contribution is 5.94. The van der Waals surface area contributed by atoms with Gasteiger partial charge in [-0.3, -0.25) is 4.79 Å². The van der Waals surface area contributed by atoms with Crippen molar-refractivity contribution in [2.45, 2.75) is 33.4 Å². The molecule has 0 spiro atoms. The van der Waals surface area contributed by atoms with E-state index in [2.05, 4.69) is 10.4 Å². The van der Waals surface area contributed by atoms with Gasteiger partial charge in [0.05, 0.1) is 6.20 Å². The number of carbonyl (C=O) groups excluding carboxylic acids is 1. The lowest BCUT2D eigenvalue weighted by atomic mass is 10.1. The first kappa shape index (κ1) is 18.9. The highest BCUT2D eigenvalue weighted by Crippen LogP contribution is 2.22. The second-order valence-electron chi connectivity index (χ2n) is 6.55. The van der Waals surface area contributed by atoms with Crippen LogP contribution in [0.1, 0.15) is 47.1 Å². The minimum atomic E-state index is -0.658. The van der Waals surface area contributed by atoms with E-state index in [1.165, 1.54) is 16.8 Å². The molecule has 0 aliphatic rings. The molecule has 6 heteroatoms. The maximum Gasteiger partial charge on any atom is 0.159 e. The van der Waals surface area contributed by atoms with Gasteiger partial charge in [0.2, 0.25) is 0 Å². The number of rotatable bonds is 6. The first-order valence-electron chi connectivity index (χ1n) is 8.70. The quantitative estimate of drug-likeness (QED) is 0.650. The van der Waals surface area contributed by atoms with Crippen molar-refractivity contribution in [2.75, 3.05) is 0 Å². The Morgan fingerprint density at radius 3 is 2.70 bits per heavy atom. The van der Waals surface area contributed by atoms with E-state index in [0.717, 1.165) is 22.9 Å². The number of benzene rings is 2. The Labute approximate surface area is 156 Å². The highest BCUT2D eigenvalue weighted by Gasteiger charge is 2.16. The number of ketones is 1. The Morgan fingerprint density at radius 2 is 2.00 bits per heavy atom. The van der Waals surface area contributed by atoms with Gasteiger partial charge < -0.3 is 5.32 Å². The van der Waals surface area contributed by atoms with Crippen LogP contribution in [0.25, 0.3) is 5.69 Å². The summed E-state index contributed by atoms with van der Waals surface area (Å²) in [6, 6.07) is 10.9. The van der Waals surface area contributed by atoms with Crippen LogP contribution in [0.2, 0.25) is 0 Å². The molecule has 0 saturated heterocycles. The van der Waals surface area contributed by atoms with Crippen LogP contribution in [-0.4, -0.2) is 15.6 Å². The van der Waals surface area contributed by atoms with Crippen LogP contribution in [0.15, 0.2) is 48.7 Å². The predicted octanol–water partition coefficient (Wildman–Crippen LogP) is 4.51. The summed E-state index contributed by atoms with van der Waals surface area (Å²) in [4.78, 5) is 11.5. The van der Waals surface area contributed by atoms with Crippen molar-refractivity contribution in [3.05, 3.63) is 82.7 Å². The van der Waals surface area contributed by atoms with E-state index in [9.17, 15) is 13.6 Å². The Bertz CT molecular complexity index is 981. The number of halogens is 2. The molecule has 3 aromatic rings. The molecule has 1 N–H and O–H groups in total. The van der Waals surface area contributed by atoms with Crippen LogP contribution in [0.3, 0.4) is 0 Å². The van der Waals surface area contributed by atoms with Crippen molar-refractivity contribution in [1.29, 1.82) is 0 Å². The molecule has 1 atom stereocenters. The van der Waals surface area contributed by atoms with Crippen molar-refractivity contribution in [1.82, 2.24) is 15.1 Å². The van der Waals surface area contributed by atoms with Gasteiger partial charge in [-0.05, 0) is 44.5 Å². The maximum absolute atomic E-state index is 14.1. The second-order valence-corrected chi connectivity index (χ2v) is 6.55. The topological polar surface area (TPSA) is 46.9 Å². The lowest BCUT2D eigenvalue weighted by Crippen LogP contribution is -2.19. The third-order valence-electron chi connectivity index (χ3n) is 4.60. The Balaban J connectivity index is 1.76.